The van der Waals surface area contributed by atoms with Crippen molar-refractivity contribution in [2.45, 2.75) is 46.1 Å². The number of anilines is 1. The number of amides is 1. The summed E-state index contributed by atoms with van der Waals surface area (Å²) in [4.78, 5) is 13.3. The molecule has 184 valence electrons. The van der Waals surface area contributed by atoms with Crippen molar-refractivity contribution in [2.24, 2.45) is 10.5 Å². The highest BCUT2D eigenvalue weighted by atomic mass is 35.5. The molecular formula is C27H30ClN3O3S. The molecule has 0 atom stereocenters. The summed E-state index contributed by atoms with van der Waals surface area (Å²) in [6.07, 6.45) is 0. The van der Waals surface area contributed by atoms with Gasteiger partial charge < -0.3 is 0 Å². The monoisotopic (exact) mass is 511 g/mol. The van der Waals surface area contributed by atoms with Crippen LogP contribution < -0.4 is 9.73 Å². The third kappa shape index (κ3) is 6.50. The number of benzene rings is 3. The molecule has 6 nitrogen and oxygen atoms in total. The lowest BCUT2D eigenvalue weighted by molar-refractivity contribution is 0.0955. The minimum Gasteiger partial charge on any atom is -0.267 e. The van der Waals surface area contributed by atoms with Crippen LogP contribution in [0.5, 0.6) is 0 Å². The van der Waals surface area contributed by atoms with E-state index in [0.29, 0.717) is 5.02 Å². The second-order valence-electron chi connectivity index (χ2n) is 9.36. The summed E-state index contributed by atoms with van der Waals surface area (Å²) in [6.45, 7) is 9.72. The maximum atomic E-state index is 13.8. The summed E-state index contributed by atoms with van der Waals surface area (Å²) in [6, 6.07) is 20.2. The largest absolute Gasteiger partial charge is 0.273 e. The predicted octanol–water partition coefficient (Wildman–Crippen LogP) is 6.20. The fourth-order valence-corrected chi connectivity index (χ4v) is 4.74. The molecule has 3 rings (SSSR count). The Labute approximate surface area is 212 Å². The molecule has 0 aliphatic rings. The van der Waals surface area contributed by atoms with Crippen LogP contribution in [0.1, 0.15) is 49.2 Å². The van der Waals surface area contributed by atoms with Crippen LogP contribution in [0.25, 0.3) is 0 Å². The van der Waals surface area contributed by atoms with Crippen molar-refractivity contribution in [3.8, 4) is 0 Å². The van der Waals surface area contributed by atoms with E-state index in [-0.39, 0.29) is 28.1 Å². The predicted molar refractivity (Wildman–Crippen MR) is 142 cm³/mol. The first-order valence-electron chi connectivity index (χ1n) is 11.2. The zero-order valence-corrected chi connectivity index (χ0v) is 22.1. The van der Waals surface area contributed by atoms with E-state index in [9.17, 15) is 13.2 Å². The van der Waals surface area contributed by atoms with Gasteiger partial charge in [0.25, 0.3) is 15.9 Å². The second kappa shape index (κ2) is 10.6. The van der Waals surface area contributed by atoms with Gasteiger partial charge in [-0.3, -0.25) is 9.10 Å². The molecule has 0 heterocycles. The number of carbonyl (C=O) groups excluding carboxylic acids is 1. The number of para-hydroxylation sites is 1. The van der Waals surface area contributed by atoms with E-state index in [1.54, 1.807) is 72.8 Å². The number of carbonyl (C=O) groups is 1. The summed E-state index contributed by atoms with van der Waals surface area (Å²) in [5.74, 6) is -0.496. The number of nitrogens with zero attached hydrogens (tertiary/aromatic N) is 2. The molecule has 3 aromatic carbocycles. The van der Waals surface area contributed by atoms with Crippen LogP contribution in [-0.2, 0) is 16.6 Å². The highest BCUT2D eigenvalue weighted by Crippen LogP contribution is 2.30. The number of halogens is 1. The molecule has 1 amide bonds. The zero-order chi connectivity index (χ0) is 25.8. The Morgan fingerprint density at radius 1 is 0.971 bits per heavy atom. The lowest BCUT2D eigenvalue weighted by atomic mass is 9.91. The Bertz CT molecular complexity index is 1330. The molecule has 0 saturated heterocycles. The van der Waals surface area contributed by atoms with E-state index in [2.05, 4.69) is 10.5 Å². The summed E-state index contributed by atoms with van der Waals surface area (Å²) in [7, 11) is -4.01. The number of sulfonamides is 1. The molecule has 0 fully saturated rings. The normalized spacial score (nSPS) is 12.3. The fourth-order valence-electron chi connectivity index (χ4n) is 3.14. The highest BCUT2D eigenvalue weighted by Gasteiger charge is 2.29. The lowest BCUT2D eigenvalue weighted by Crippen LogP contribution is -2.33. The fraction of sp³-hybridized carbons (Fsp3) is 0.259. The molecule has 0 aliphatic heterocycles. The SMILES string of the molecule is CC(=NNC(=O)c1ccccc1N(Cc1ccc(Cl)cc1)S(=O)(=O)c1ccc(C)cc1)C(C)(C)C. The van der Waals surface area contributed by atoms with Crippen LogP contribution >= 0.6 is 11.6 Å². The van der Waals surface area contributed by atoms with Crippen molar-refractivity contribution < 1.29 is 13.2 Å². The van der Waals surface area contributed by atoms with Crippen molar-refractivity contribution in [3.05, 3.63) is 94.5 Å². The highest BCUT2D eigenvalue weighted by molar-refractivity contribution is 7.92. The Morgan fingerprint density at radius 2 is 1.57 bits per heavy atom. The minimum absolute atomic E-state index is 0.0158. The molecule has 0 unspecified atom stereocenters. The average molecular weight is 512 g/mol. The summed E-state index contributed by atoms with van der Waals surface area (Å²) < 4.78 is 28.9. The second-order valence-corrected chi connectivity index (χ2v) is 11.7. The molecule has 0 bridgehead atoms. The Morgan fingerprint density at radius 3 is 2.17 bits per heavy atom. The van der Waals surface area contributed by atoms with Gasteiger partial charge >= 0.3 is 0 Å². The molecule has 0 aromatic heterocycles. The zero-order valence-electron chi connectivity index (χ0n) is 20.5. The van der Waals surface area contributed by atoms with Gasteiger partial charge in [-0.05, 0) is 55.8 Å². The van der Waals surface area contributed by atoms with Gasteiger partial charge in [0.1, 0.15) is 0 Å². The molecule has 3 aromatic rings. The maximum Gasteiger partial charge on any atom is 0.273 e. The summed E-state index contributed by atoms with van der Waals surface area (Å²) >= 11 is 6.03. The van der Waals surface area contributed by atoms with Crippen LogP contribution in [0.15, 0.2) is 82.8 Å². The number of hydrazone groups is 1. The van der Waals surface area contributed by atoms with Crippen molar-refractivity contribution in [1.82, 2.24) is 5.43 Å². The molecule has 1 N–H and O–H groups in total. The van der Waals surface area contributed by atoms with Crippen LogP contribution in [-0.4, -0.2) is 20.0 Å². The number of aryl methyl sites for hydroxylation is 1. The van der Waals surface area contributed by atoms with Crippen molar-refractivity contribution >= 4 is 38.9 Å². The van der Waals surface area contributed by atoms with Crippen LogP contribution in [0.4, 0.5) is 5.69 Å². The van der Waals surface area contributed by atoms with Gasteiger partial charge in [0, 0.05) is 16.1 Å². The molecule has 0 spiro atoms. The van der Waals surface area contributed by atoms with Crippen LogP contribution in [0.2, 0.25) is 5.02 Å². The Hall–Kier alpha value is -3.16. The van der Waals surface area contributed by atoms with Gasteiger partial charge in [-0.15, -0.1) is 0 Å². The third-order valence-corrected chi connectivity index (χ3v) is 7.70. The summed E-state index contributed by atoms with van der Waals surface area (Å²) in [5.41, 5.74) is 5.22. The van der Waals surface area contributed by atoms with Crippen molar-refractivity contribution in [2.75, 3.05) is 4.31 Å². The smallest absolute Gasteiger partial charge is 0.267 e. The van der Waals surface area contributed by atoms with Gasteiger partial charge in [0.05, 0.1) is 22.7 Å². The van der Waals surface area contributed by atoms with Gasteiger partial charge in [0.2, 0.25) is 0 Å². The molecule has 0 saturated carbocycles. The quantitative estimate of drug-likeness (QED) is 0.303. The topological polar surface area (TPSA) is 78.8 Å². The van der Waals surface area contributed by atoms with Gasteiger partial charge in [-0.1, -0.05) is 74.3 Å². The average Bonchev–Trinajstić information content (AvgIpc) is 2.81. The Balaban J connectivity index is 2.09. The van der Waals surface area contributed by atoms with E-state index in [4.69, 9.17) is 11.6 Å². The van der Waals surface area contributed by atoms with E-state index in [1.807, 2.05) is 34.6 Å². The summed E-state index contributed by atoms with van der Waals surface area (Å²) in [5, 5.41) is 4.78. The van der Waals surface area contributed by atoms with E-state index in [1.165, 1.54) is 4.31 Å². The molecule has 0 aliphatic carbocycles. The van der Waals surface area contributed by atoms with E-state index >= 15 is 0 Å². The first-order valence-corrected chi connectivity index (χ1v) is 13.0. The number of hydrogen-bond acceptors (Lipinski definition) is 4. The number of hydrogen-bond donors (Lipinski definition) is 1. The lowest BCUT2D eigenvalue weighted by Gasteiger charge is -2.26. The number of nitrogens with one attached hydrogen (secondary N) is 1. The minimum atomic E-state index is -4.01. The van der Waals surface area contributed by atoms with E-state index in [0.717, 1.165) is 16.8 Å². The molecule has 0 radical (unpaired) electrons. The van der Waals surface area contributed by atoms with Gasteiger partial charge in [-0.2, -0.15) is 5.10 Å². The molecule has 8 heteroatoms. The maximum absolute atomic E-state index is 13.8. The molecular weight excluding hydrogens is 482 g/mol. The van der Waals surface area contributed by atoms with Gasteiger partial charge in [-0.25, -0.2) is 13.8 Å². The standard InChI is InChI=1S/C27H30ClN3O3S/c1-19-10-16-23(17-11-19)35(33,34)31(18-21-12-14-22(28)15-13-21)25-9-7-6-8-24(25)26(32)30-29-20(2)27(3,4)5/h6-17H,18H2,1-5H3,(H,30,32). The first kappa shape index (κ1) is 26.4. The van der Waals surface area contributed by atoms with Crippen molar-refractivity contribution in [1.29, 1.82) is 0 Å². The van der Waals surface area contributed by atoms with Gasteiger partial charge in [0.15, 0.2) is 0 Å². The molecule has 35 heavy (non-hydrogen) atoms. The number of rotatable bonds is 7. The van der Waals surface area contributed by atoms with Crippen LogP contribution in [0.3, 0.4) is 0 Å². The van der Waals surface area contributed by atoms with Crippen LogP contribution in [0, 0.1) is 12.3 Å². The Kier molecular flexibility index (Phi) is 8.03. The first-order chi connectivity index (χ1) is 16.4. The van der Waals surface area contributed by atoms with E-state index < -0.39 is 15.9 Å². The van der Waals surface area contributed by atoms with Crippen molar-refractivity contribution in [3.63, 3.8) is 0 Å². The third-order valence-electron chi connectivity index (χ3n) is 5.68.